The van der Waals surface area contributed by atoms with Gasteiger partial charge in [0.05, 0.1) is 12.0 Å². The van der Waals surface area contributed by atoms with E-state index in [-0.39, 0.29) is 0 Å². The summed E-state index contributed by atoms with van der Waals surface area (Å²) in [6, 6.07) is 1.27. The monoisotopic (exact) mass is 235 g/mol. The smallest absolute Gasteiger partial charge is 0.0951 e. The number of nitrogens with one attached hydrogen (secondary N) is 1. The Kier molecular flexibility index (Phi) is 4.21. The van der Waals surface area contributed by atoms with Crippen molar-refractivity contribution in [2.24, 2.45) is 0 Å². The number of rotatable bonds is 4. The second-order valence-electron chi connectivity index (χ2n) is 5.47. The summed E-state index contributed by atoms with van der Waals surface area (Å²) < 4.78 is 2.26. The Labute approximate surface area is 105 Å². The van der Waals surface area contributed by atoms with Crippen LogP contribution in [0.4, 0.5) is 0 Å². The highest BCUT2D eigenvalue weighted by Gasteiger charge is 2.16. The summed E-state index contributed by atoms with van der Waals surface area (Å²) in [5.41, 5.74) is 2.44. The Bertz CT molecular complexity index is 350. The van der Waals surface area contributed by atoms with E-state index in [9.17, 15) is 0 Å². The fourth-order valence-corrected chi connectivity index (χ4v) is 2.75. The van der Waals surface area contributed by atoms with Gasteiger partial charge >= 0.3 is 0 Å². The van der Waals surface area contributed by atoms with Crippen LogP contribution >= 0.6 is 0 Å². The van der Waals surface area contributed by atoms with Gasteiger partial charge in [-0.2, -0.15) is 0 Å². The molecule has 1 aliphatic rings. The van der Waals surface area contributed by atoms with E-state index in [4.69, 9.17) is 0 Å². The molecule has 3 heteroatoms. The zero-order chi connectivity index (χ0) is 12.3. The van der Waals surface area contributed by atoms with Crippen LogP contribution in [0, 0.1) is 13.8 Å². The molecule has 1 aliphatic carbocycles. The van der Waals surface area contributed by atoms with E-state index in [1.54, 1.807) is 0 Å². The zero-order valence-electron chi connectivity index (χ0n) is 11.4. The Morgan fingerprint density at radius 1 is 1.35 bits per heavy atom. The van der Waals surface area contributed by atoms with E-state index in [0.717, 1.165) is 18.3 Å². The van der Waals surface area contributed by atoms with E-state index in [1.165, 1.54) is 37.8 Å². The molecule has 1 N–H and O–H groups in total. The standard InChI is InChI=1S/C14H25N3/c1-11(16-14-7-5-4-6-8-14)9-17-10-15-12(2)13(17)3/h10-11,14,16H,4-9H2,1-3H3/t11-/m1/s1. The summed E-state index contributed by atoms with van der Waals surface area (Å²) in [6.45, 7) is 7.53. The lowest BCUT2D eigenvalue weighted by Crippen LogP contribution is -2.40. The maximum Gasteiger partial charge on any atom is 0.0951 e. The van der Waals surface area contributed by atoms with Gasteiger partial charge in [-0.25, -0.2) is 4.98 Å². The quantitative estimate of drug-likeness (QED) is 0.869. The van der Waals surface area contributed by atoms with Gasteiger partial charge in [0.25, 0.3) is 0 Å². The van der Waals surface area contributed by atoms with Crippen molar-refractivity contribution < 1.29 is 0 Å². The molecule has 0 aliphatic heterocycles. The van der Waals surface area contributed by atoms with Gasteiger partial charge in [-0.1, -0.05) is 19.3 Å². The molecular weight excluding hydrogens is 210 g/mol. The minimum Gasteiger partial charge on any atom is -0.333 e. The summed E-state index contributed by atoms with van der Waals surface area (Å²) in [5, 5.41) is 3.76. The molecule has 0 amide bonds. The first-order valence-electron chi connectivity index (χ1n) is 6.91. The van der Waals surface area contributed by atoms with Crippen molar-refractivity contribution in [3.63, 3.8) is 0 Å². The van der Waals surface area contributed by atoms with Crippen molar-refractivity contribution in [2.75, 3.05) is 0 Å². The van der Waals surface area contributed by atoms with Crippen LogP contribution in [-0.4, -0.2) is 21.6 Å². The van der Waals surface area contributed by atoms with Crippen LogP contribution < -0.4 is 5.32 Å². The van der Waals surface area contributed by atoms with Gasteiger partial charge in [0.2, 0.25) is 0 Å². The molecule has 17 heavy (non-hydrogen) atoms. The number of imidazole rings is 1. The number of nitrogens with zero attached hydrogens (tertiary/aromatic N) is 2. The fraction of sp³-hybridized carbons (Fsp3) is 0.786. The van der Waals surface area contributed by atoms with Gasteiger partial charge < -0.3 is 9.88 Å². The van der Waals surface area contributed by atoms with Gasteiger partial charge in [0.1, 0.15) is 0 Å². The summed E-state index contributed by atoms with van der Waals surface area (Å²) >= 11 is 0. The maximum absolute atomic E-state index is 4.35. The van der Waals surface area contributed by atoms with Gasteiger partial charge in [0, 0.05) is 24.3 Å². The molecule has 1 fully saturated rings. The molecule has 0 spiro atoms. The predicted octanol–water partition coefficient (Wildman–Crippen LogP) is 2.81. The lowest BCUT2D eigenvalue weighted by atomic mass is 9.95. The first-order valence-corrected chi connectivity index (χ1v) is 6.91. The van der Waals surface area contributed by atoms with Gasteiger partial charge in [-0.3, -0.25) is 0 Å². The van der Waals surface area contributed by atoms with Crippen LogP contribution in [0.3, 0.4) is 0 Å². The molecule has 1 atom stereocenters. The third-order valence-corrected chi connectivity index (χ3v) is 3.94. The van der Waals surface area contributed by atoms with E-state index in [2.05, 4.69) is 35.6 Å². The van der Waals surface area contributed by atoms with E-state index >= 15 is 0 Å². The Hall–Kier alpha value is -0.830. The minimum absolute atomic E-state index is 0.533. The van der Waals surface area contributed by atoms with Crippen LogP contribution in [0.25, 0.3) is 0 Å². The summed E-state index contributed by atoms with van der Waals surface area (Å²) in [4.78, 5) is 4.35. The number of hydrogen-bond acceptors (Lipinski definition) is 2. The van der Waals surface area contributed by atoms with Crippen LogP contribution in [-0.2, 0) is 6.54 Å². The highest BCUT2D eigenvalue weighted by atomic mass is 15.1. The lowest BCUT2D eigenvalue weighted by Gasteiger charge is -2.27. The molecule has 1 aromatic rings. The zero-order valence-corrected chi connectivity index (χ0v) is 11.4. The summed E-state index contributed by atoms with van der Waals surface area (Å²) in [6.07, 6.45) is 8.88. The third kappa shape index (κ3) is 3.32. The van der Waals surface area contributed by atoms with E-state index in [0.29, 0.717) is 6.04 Å². The van der Waals surface area contributed by atoms with Gasteiger partial charge in [-0.15, -0.1) is 0 Å². The molecule has 2 rings (SSSR count). The molecule has 1 aromatic heterocycles. The fourth-order valence-electron chi connectivity index (χ4n) is 2.75. The van der Waals surface area contributed by atoms with Crippen molar-refractivity contribution >= 4 is 0 Å². The highest BCUT2D eigenvalue weighted by Crippen LogP contribution is 2.18. The SMILES string of the molecule is Cc1ncn(C[C@@H](C)NC2CCCCC2)c1C. The van der Waals surface area contributed by atoms with Crippen LogP contribution in [0.5, 0.6) is 0 Å². The first kappa shape index (κ1) is 12.6. The molecule has 1 heterocycles. The summed E-state index contributed by atoms with van der Waals surface area (Å²) in [5.74, 6) is 0. The van der Waals surface area contributed by atoms with Crippen LogP contribution in [0.15, 0.2) is 6.33 Å². The van der Waals surface area contributed by atoms with Crippen molar-refractivity contribution in [1.29, 1.82) is 0 Å². The number of hydrogen-bond donors (Lipinski definition) is 1. The van der Waals surface area contributed by atoms with E-state index < -0.39 is 0 Å². The second-order valence-corrected chi connectivity index (χ2v) is 5.47. The number of aryl methyl sites for hydroxylation is 1. The Morgan fingerprint density at radius 3 is 2.65 bits per heavy atom. The maximum atomic E-state index is 4.35. The molecule has 1 saturated carbocycles. The Balaban J connectivity index is 1.84. The average molecular weight is 235 g/mol. The van der Waals surface area contributed by atoms with Crippen molar-refractivity contribution in [3.8, 4) is 0 Å². The molecule has 0 radical (unpaired) electrons. The molecular formula is C14H25N3. The number of aromatic nitrogens is 2. The Morgan fingerprint density at radius 2 is 2.06 bits per heavy atom. The third-order valence-electron chi connectivity index (χ3n) is 3.94. The summed E-state index contributed by atoms with van der Waals surface area (Å²) in [7, 11) is 0. The van der Waals surface area contributed by atoms with Crippen molar-refractivity contribution in [2.45, 2.75) is 71.5 Å². The van der Waals surface area contributed by atoms with Crippen molar-refractivity contribution in [3.05, 3.63) is 17.7 Å². The topological polar surface area (TPSA) is 29.9 Å². The van der Waals surface area contributed by atoms with E-state index in [1.807, 2.05) is 6.33 Å². The molecule has 3 nitrogen and oxygen atoms in total. The highest BCUT2D eigenvalue weighted by molar-refractivity contribution is 5.08. The average Bonchev–Trinajstić information content (AvgIpc) is 2.62. The van der Waals surface area contributed by atoms with Crippen LogP contribution in [0.2, 0.25) is 0 Å². The first-order chi connectivity index (χ1) is 8.16. The predicted molar refractivity (Wildman–Crippen MR) is 71.2 cm³/mol. The lowest BCUT2D eigenvalue weighted by molar-refractivity contribution is 0.328. The van der Waals surface area contributed by atoms with Gasteiger partial charge in [-0.05, 0) is 33.6 Å². The molecule has 0 aromatic carbocycles. The largest absolute Gasteiger partial charge is 0.333 e. The van der Waals surface area contributed by atoms with Gasteiger partial charge in [0.15, 0.2) is 0 Å². The molecule has 0 bridgehead atoms. The normalized spacial score (nSPS) is 19.5. The second kappa shape index (κ2) is 5.67. The molecule has 0 unspecified atom stereocenters. The molecule has 96 valence electrons. The molecule has 0 saturated heterocycles. The van der Waals surface area contributed by atoms with Crippen LogP contribution in [0.1, 0.15) is 50.4 Å². The van der Waals surface area contributed by atoms with Crippen molar-refractivity contribution in [1.82, 2.24) is 14.9 Å². The minimum atomic E-state index is 0.533.